The lowest BCUT2D eigenvalue weighted by Gasteiger charge is -2.29. The highest BCUT2D eigenvalue weighted by atomic mass is 31.2. The minimum absolute atomic E-state index is 0.0111. The van der Waals surface area contributed by atoms with Gasteiger partial charge < -0.3 is 28.8 Å². The molecule has 0 spiro atoms. The molecule has 0 saturated carbocycles. The van der Waals surface area contributed by atoms with Crippen molar-refractivity contribution in [2.24, 2.45) is 0 Å². The molecular weight excluding hydrogens is 984 g/mol. The molecule has 2 N–H and O–H groups in total. The molecule has 0 aromatic rings. The van der Waals surface area contributed by atoms with E-state index in [9.17, 15) is 19.4 Å². The molecular formula is C69H125N2O6P. The Morgan fingerprint density at radius 1 is 0.462 bits per heavy atom. The number of nitrogens with one attached hydrogen (secondary N) is 1. The number of phosphoric acid groups is 1. The molecule has 452 valence electrons. The first kappa shape index (κ1) is 75.4. The minimum atomic E-state index is -4.62. The third-order valence-electron chi connectivity index (χ3n) is 14.3. The van der Waals surface area contributed by atoms with Gasteiger partial charge in [0, 0.05) is 6.42 Å². The normalized spacial score (nSPS) is 14.4. The summed E-state index contributed by atoms with van der Waals surface area (Å²) in [6.45, 7) is 4.52. The predicted molar refractivity (Wildman–Crippen MR) is 339 cm³/mol. The van der Waals surface area contributed by atoms with Crippen molar-refractivity contribution < 1.29 is 32.9 Å². The lowest BCUT2D eigenvalue weighted by Crippen LogP contribution is -2.45. The third-order valence-corrected chi connectivity index (χ3v) is 15.2. The Balaban J connectivity index is 4.11. The van der Waals surface area contributed by atoms with Crippen LogP contribution in [-0.2, 0) is 18.4 Å². The number of unbranched alkanes of at least 4 members (excludes halogenated alkanes) is 32. The summed E-state index contributed by atoms with van der Waals surface area (Å²) in [5, 5.41) is 13.9. The van der Waals surface area contributed by atoms with Crippen LogP contribution in [0.25, 0.3) is 0 Å². The first-order valence-electron chi connectivity index (χ1n) is 32.6. The van der Waals surface area contributed by atoms with Crippen molar-refractivity contribution >= 4 is 13.7 Å². The summed E-state index contributed by atoms with van der Waals surface area (Å²) in [6, 6.07) is -0.914. The van der Waals surface area contributed by atoms with Crippen molar-refractivity contribution in [3.63, 3.8) is 0 Å². The summed E-state index contributed by atoms with van der Waals surface area (Å²) < 4.78 is 23.4. The Bertz CT molecular complexity index is 1590. The van der Waals surface area contributed by atoms with E-state index in [1.807, 2.05) is 27.2 Å². The highest BCUT2D eigenvalue weighted by molar-refractivity contribution is 7.45. The molecule has 0 rings (SSSR count). The Morgan fingerprint density at radius 3 is 1.19 bits per heavy atom. The molecule has 0 aromatic heterocycles. The first-order chi connectivity index (χ1) is 38.0. The van der Waals surface area contributed by atoms with E-state index >= 15 is 0 Å². The Kier molecular flexibility index (Phi) is 57.1. The second-order valence-electron chi connectivity index (χ2n) is 23.1. The monoisotopic (exact) mass is 1110 g/mol. The summed E-state index contributed by atoms with van der Waals surface area (Å²) >= 11 is 0. The lowest BCUT2D eigenvalue weighted by molar-refractivity contribution is -0.870. The van der Waals surface area contributed by atoms with Crippen LogP contribution in [0.3, 0.4) is 0 Å². The van der Waals surface area contributed by atoms with E-state index in [0.29, 0.717) is 17.4 Å². The standard InChI is InChI=1S/C69H125N2O6P/c1-6-8-10-12-14-16-18-20-22-24-26-28-29-30-31-32-33-34-35-36-37-38-39-40-41-43-45-47-49-51-53-55-57-59-61-63-69(73)70-67(66-77-78(74,75)76-65-64-71(3,4)5)68(72)62-60-58-56-54-52-50-48-46-44-42-27-25-23-21-19-17-15-13-11-9-7-2/h8,10,14,16,20,22,26,28,30-31,44,46,52,54,60,62,67-68,72H,6-7,9,11-13,15,17-19,21,23-25,27,29,32-43,45,47-51,53,55-59,61,63-66H2,1-5H3,(H-,70,73,74,75)/b10-8-,16-14-,22-20-,28-26-,31-30-,46-44+,54-52+,62-60+. The van der Waals surface area contributed by atoms with Crippen LogP contribution in [0.4, 0.5) is 0 Å². The molecule has 3 unspecified atom stereocenters. The van der Waals surface area contributed by atoms with Crippen molar-refractivity contribution in [2.45, 2.75) is 296 Å². The van der Waals surface area contributed by atoms with Crippen LogP contribution in [0.5, 0.6) is 0 Å². The highest BCUT2D eigenvalue weighted by Gasteiger charge is 2.23. The zero-order valence-corrected chi connectivity index (χ0v) is 52.5. The number of amides is 1. The van der Waals surface area contributed by atoms with E-state index in [1.54, 1.807) is 6.08 Å². The number of likely N-dealkylation sites (N-methyl/N-ethyl adjacent to an activating group) is 1. The number of nitrogens with zero attached hydrogens (tertiary/aromatic N) is 1. The van der Waals surface area contributed by atoms with Gasteiger partial charge in [0.1, 0.15) is 13.2 Å². The smallest absolute Gasteiger partial charge is 0.268 e. The van der Waals surface area contributed by atoms with Crippen molar-refractivity contribution in [1.82, 2.24) is 5.32 Å². The number of carbonyl (C=O) groups excluding carboxylic acids is 1. The van der Waals surface area contributed by atoms with Gasteiger partial charge in [-0.15, -0.1) is 0 Å². The maximum Gasteiger partial charge on any atom is 0.268 e. The number of hydrogen-bond donors (Lipinski definition) is 2. The number of rotatable bonds is 59. The number of phosphoric ester groups is 1. The van der Waals surface area contributed by atoms with Crippen LogP contribution < -0.4 is 10.2 Å². The summed E-state index contributed by atoms with van der Waals surface area (Å²) in [7, 11) is 1.24. The number of carbonyl (C=O) groups is 1. The molecule has 1 amide bonds. The molecule has 0 bridgehead atoms. The van der Waals surface area contributed by atoms with Gasteiger partial charge in [0.05, 0.1) is 39.9 Å². The average molecular weight is 1110 g/mol. The summed E-state index contributed by atoms with van der Waals surface area (Å²) in [5.41, 5.74) is 0. The quantitative estimate of drug-likeness (QED) is 0.0272. The van der Waals surface area contributed by atoms with Crippen molar-refractivity contribution in [3.8, 4) is 0 Å². The summed E-state index contributed by atoms with van der Waals surface area (Å²) in [5.74, 6) is -0.210. The average Bonchev–Trinajstić information content (AvgIpc) is 3.41. The van der Waals surface area contributed by atoms with Gasteiger partial charge in [-0.2, -0.15) is 0 Å². The Labute approximate surface area is 483 Å². The van der Waals surface area contributed by atoms with Gasteiger partial charge in [0.25, 0.3) is 7.82 Å². The van der Waals surface area contributed by atoms with Gasteiger partial charge in [-0.25, -0.2) is 0 Å². The van der Waals surface area contributed by atoms with Crippen LogP contribution in [-0.4, -0.2) is 68.5 Å². The fraction of sp³-hybridized carbons (Fsp3) is 0.754. The summed E-state index contributed by atoms with van der Waals surface area (Å²) in [6.07, 6.45) is 85.2. The maximum atomic E-state index is 13.0. The van der Waals surface area contributed by atoms with Crippen LogP contribution >= 0.6 is 7.82 Å². The SMILES string of the molecule is CC/C=C\C/C=C\C/C=C\C/C=C\C/C=C\CCCCCCCCCCCCCCCCCCCCCC(=O)NC(COP(=O)([O-])OCC[N+](C)(C)C)C(O)/C=C/CC/C=C/CC/C=C/CCCCCCCCCCCCC. The highest BCUT2D eigenvalue weighted by Crippen LogP contribution is 2.38. The fourth-order valence-electron chi connectivity index (χ4n) is 9.21. The molecule has 0 heterocycles. The van der Waals surface area contributed by atoms with E-state index in [1.165, 1.54) is 186 Å². The second-order valence-corrected chi connectivity index (χ2v) is 24.5. The largest absolute Gasteiger partial charge is 0.756 e. The van der Waals surface area contributed by atoms with Gasteiger partial charge in [0.15, 0.2) is 0 Å². The molecule has 0 radical (unpaired) electrons. The van der Waals surface area contributed by atoms with Crippen LogP contribution in [0.1, 0.15) is 284 Å². The number of hydrogen-bond acceptors (Lipinski definition) is 6. The van der Waals surface area contributed by atoms with Gasteiger partial charge in [-0.3, -0.25) is 9.36 Å². The van der Waals surface area contributed by atoms with Crippen LogP contribution in [0.15, 0.2) is 97.2 Å². The topological polar surface area (TPSA) is 108 Å². The number of aliphatic hydroxyl groups is 1. The molecule has 78 heavy (non-hydrogen) atoms. The molecule has 0 saturated heterocycles. The van der Waals surface area contributed by atoms with Crippen molar-refractivity contribution in [3.05, 3.63) is 97.2 Å². The molecule has 0 aliphatic rings. The Hall–Kier alpha value is -2.58. The molecule has 0 aromatic carbocycles. The lowest BCUT2D eigenvalue weighted by atomic mass is 10.0. The van der Waals surface area contributed by atoms with Gasteiger partial charge in [-0.05, 0) is 89.9 Å². The Morgan fingerprint density at radius 2 is 0.795 bits per heavy atom. The van der Waals surface area contributed by atoms with E-state index < -0.39 is 26.6 Å². The summed E-state index contributed by atoms with van der Waals surface area (Å²) in [4.78, 5) is 25.6. The first-order valence-corrected chi connectivity index (χ1v) is 34.1. The van der Waals surface area contributed by atoms with Crippen molar-refractivity contribution in [2.75, 3.05) is 40.9 Å². The molecule has 9 heteroatoms. The third kappa shape index (κ3) is 61.0. The van der Waals surface area contributed by atoms with E-state index in [2.05, 4.69) is 104 Å². The zero-order valence-electron chi connectivity index (χ0n) is 51.6. The van der Waals surface area contributed by atoms with E-state index in [4.69, 9.17) is 9.05 Å². The predicted octanol–water partition coefficient (Wildman–Crippen LogP) is 19.9. The second kappa shape index (κ2) is 59.1. The number of aliphatic hydroxyl groups excluding tert-OH is 1. The minimum Gasteiger partial charge on any atom is -0.756 e. The molecule has 8 nitrogen and oxygen atoms in total. The fourth-order valence-corrected chi connectivity index (χ4v) is 9.94. The zero-order chi connectivity index (χ0) is 57.0. The number of allylic oxidation sites excluding steroid dienone is 15. The van der Waals surface area contributed by atoms with Crippen LogP contribution in [0, 0.1) is 0 Å². The van der Waals surface area contributed by atoms with Gasteiger partial charge in [0.2, 0.25) is 5.91 Å². The van der Waals surface area contributed by atoms with E-state index in [0.717, 1.165) is 77.0 Å². The molecule has 0 fully saturated rings. The maximum absolute atomic E-state index is 13.0. The molecule has 3 atom stereocenters. The van der Waals surface area contributed by atoms with Gasteiger partial charge >= 0.3 is 0 Å². The number of quaternary nitrogens is 1. The molecule has 0 aliphatic heterocycles. The van der Waals surface area contributed by atoms with E-state index in [-0.39, 0.29) is 12.5 Å². The van der Waals surface area contributed by atoms with Crippen molar-refractivity contribution in [1.29, 1.82) is 0 Å². The van der Waals surface area contributed by atoms with Gasteiger partial charge in [-0.1, -0.05) is 284 Å². The molecule has 0 aliphatic carbocycles. The van der Waals surface area contributed by atoms with Crippen LogP contribution in [0.2, 0.25) is 0 Å².